The molecule has 1 aromatic carbocycles. The van der Waals surface area contributed by atoms with Crippen LogP contribution in [0.25, 0.3) is 0 Å². The lowest BCUT2D eigenvalue weighted by atomic mass is 10.1. The van der Waals surface area contributed by atoms with Gasteiger partial charge in [-0.2, -0.15) is 13.2 Å². The molecule has 0 radical (unpaired) electrons. The van der Waals surface area contributed by atoms with E-state index in [-0.39, 0.29) is 6.79 Å². The number of fused-ring (bicyclic) bond motifs is 1. The molecule has 0 bridgehead atoms. The molecule has 0 atom stereocenters. The van der Waals surface area contributed by atoms with E-state index in [1.54, 1.807) is 7.05 Å². The number of nitrogens with one attached hydrogen (secondary N) is 2. The van der Waals surface area contributed by atoms with Crippen molar-refractivity contribution in [2.75, 3.05) is 26.9 Å². The van der Waals surface area contributed by atoms with Crippen molar-refractivity contribution in [2.24, 2.45) is 4.99 Å². The lowest BCUT2D eigenvalue weighted by molar-refractivity contribution is -0.140. The van der Waals surface area contributed by atoms with Crippen molar-refractivity contribution in [3.8, 4) is 11.5 Å². The van der Waals surface area contributed by atoms with Crippen molar-refractivity contribution in [3.63, 3.8) is 0 Å². The fourth-order valence-corrected chi connectivity index (χ4v) is 3.29. The number of guanidine groups is 1. The van der Waals surface area contributed by atoms with Crippen LogP contribution < -0.4 is 20.1 Å². The second-order valence-electron chi connectivity index (χ2n) is 5.74. The molecule has 0 fully saturated rings. The van der Waals surface area contributed by atoms with Crippen LogP contribution in [0.4, 0.5) is 13.2 Å². The Labute approximate surface area is 158 Å². The predicted octanol–water partition coefficient (Wildman–Crippen LogP) is 2.84. The van der Waals surface area contributed by atoms with Crippen LogP contribution in [0, 0.1) is 0 Å². The molecule has 1 aromatic heterocycles. The Morgan fingerprint density at radius 3 is 2.63 bits per heavy atom. The van der Waals surface area contributed by atoms with Crippen molar-refractivity contribution in [3.05, 3.63) is 39.8 Å². The molecular formula is C17H19F3N4O2S. The molecule has 10 heteroatoms. The van der Waals surface area contributed by atoms with E-state index in [1.165, 1.54) is 0 Å². The quantitative estimate of drug-likeness (QED) is 0.577. The summed E-state index contributed by atoms with van der Waals surface area (Å²) in [4.78, 5) is 7.71. The molecule has 0 aliphatic carbocycles. The number of hydrogen-bond acceptors (Lipinski definition) is 5. The number of thiazole rings is 1. The van der Waals surface area contributed by atoms with Gasteiger partial charge in [0.1, 0.15) is 0 Å². The Hall–Kier alpha value is -2.49. The highest BCUT2D eigenvalue weighted by molar-refractivity contribution is 7.09. The maximum absolute atomic E-state index is 12.5. The van der Waals surface area contributed by atoms with Gasteiger partial charge in [-0.15, -0.1) is 11.3 Å². The van der Waals surface area contributed by atoms with Gasteiger partial charge in [0.2, 0.25) is 6.79 Å². The van der Waals surface area contributed by atoms with Crippen LogP contribution >= 0.6 is 11.3 Å². The molecule has 0 saturated heterocycles. The van der Waals surface area contributed by atoms with Crippen LogP contribution in [0.1, 0.15) is 16.3 Å². The molecule has 27 heavy (non-hydrogen) atoms. The number of hydrogen-bond donors (Lipinski definition) is 2. The monoisotopic (exact) mass is 400 g/mol. The summed E-state index contributed by atoms with van der Waals surface area (Å²) in [5, 5.41) is 7.72. The summed E-state index contributed by atoms with van der Waals surface area (Å²) < 4.78 is 48.3. The van der Waals surface area contributed by atoms with Gasteiger partial charge in [-0.05, 0) is 24.1 Å². The number of rotatable bonds is 6. The summed E-state index contributed by atoms with van der Waals surface area (Å²) in [7, 11) is 1.64. The summed E-state index contributed by atoms with van der Waals surface area (Å²) >= 11 is 1.01. The first-order valence-electron chi connectivity index (χ1n) is 8.30. The number of ether oxygens (including phenoxy) is 2. The molecule has 146 valence electrons. The number of halogens is 3. The Morgan fingerprint density at radius 2 is 1.93 bits per heavy atom. The second-order valence-corrected chi connectivity index (χ2v) is 6.68. The number of benzene rings is 1. The van der Waals surface area contributed by atoms with Gasteiger partial charge in [-0.25, -0.2) is 4.98 Å². The van der Waals surface area contributed by atoms with E-state index in [2.05, 4.69) is 20.6 Å². The first kappa shape index (κ1) is 19.3. The molecule has 0 unspecified atom stereocenters. The second kappa shape index (κ2) is 8.47. The molecule has 0 saturated carbocycles. The van der Waals surface area contributed by atoms with Crippen LogP contribution in [-0.4, -0.2) is 37.9 Å². The SMILES string of the molecule is CN=C(NCCc1ccc2c(c1)OCO2)NCCc1nc(C(F)(F)F)cs1. The van der Waals surface area contributed by atoms with Crippen molar-refractivity contribution in [1.29, 1.82) is 0 Å². The van der Waals surface area contributed by atoms with E-state index in [0.717, 1.165) is 40.2 Å². The molecule has 3 rings (SSSR count). The Morgan fingerprint density at radius 1 is 1.19 bits per heavy atom. The first-order chi connectivity index (χ1) is 13.0. The van der Waals surface area contributed by atoms with Gasteiger partial charge < -0.3 is 20.1 Å². The smallest absolute Gasteiger partial charge is 0.434 e. The van der Waals surface area contributed by atoms with Gasteiger partial charge in [-0.1, -0.05) is 6.07 Å². The Bertz CT molecular complexity index is 808. The largest absolute Gasteiger partial charge is 0.454 e. The minimum absolute atomic E-state index is 0.247. The van der Waals surface area contributed by atoms with Gasteiger partial charge in [0.05, 0.1) is 5.01 Å². The number of aliphatic imine (C=N–C) groups is 1. The number of nitrogens with zero attached hydrogens (tertiary/aromatic N) is 2. The topological polar surface area (TPSA) is 67.8 Å². The van der Waals surface area contributed by atoms with Gasteiger partial charge in [0.25, 0.3) is 0 Å². The van der Waals surface area contributed by atoms with Crippen LogP contribution in [0.15, 0.2) is 28.6 Å². The Balaban J connectivity index is 1.40. The average molecular weight is 400 g/mol. The van der Waals surface area contributed by atoms with E-state index in [0.29, 0.717) is 30.5 Å². The third-order valence-electron chi connectivity index (χ3n) is 3.84. The maximum Gasteiger partial charge on any atom is 0.434 e. The summed E-state index contributed by atoms with van der Waals surface area (Å²) in [6.07, 6.45) is -3.24. The van der Waals surface area contributed by atoms with E-state index in [9.17, 15) is 13.2 Å². The van der Waals surface area contributed by atoms with Crippen molar-refractivity contribution in [2.45, 2.75) is 19.0 Å². The fraction of sp³-hybridized carbons (Fsp3) is 0.412. The third kappa shape index (κ3) is 5.25. The fourth-order valence-electron chi connectivity index (χ4n) is 2.49. The molecule has 1 aliphatic rings. The van der Waals surface area contributed by atoms with Crippen LogP contribution in [0.2, 0.25) is 0 Å². The van der Waals surface area contributed by atoms with Crippen LogP contribution in [0.5, 0.6) is 11.5 Å². The summed E-state index contributed by atoms with van der Waals surface area (Å²) in [5.41, 5.74) is 0.262. The van der Waals surface area contributed by atoms with E-state index < -0.39 is 11.9 Å². The zero-order chi connectivity index (χ0) is 19.3. The van der Waals surface area contributed by atoms with E-state index in [1.807, 2.05) is 18.2 Å². The number of aromatic nitrogens is 1. The van der Waals surface area contributed by atoms with E-state index >= 15 is 0 Å². The molecule has 2 aromatic rings. The summed E-state index contributed by atoms with van der Waals surface area (Å²) in [6, 6.07) is 5.81. The average Bonchev–Trinajstić information content (AvgIpc) is 3.28. The van der Waals surface area contributed by atoms with Gasteiger partial charge in [-0.3, -0.25) is 4.99 Å². The molecule has 2 heterocycles. The lowest BCUT2D eigenvalue weighted by Gasteiger charge is -2.11. The predicted molar refractivity (Wildman–Crippen MR) is 96.5 cm³/mol. The first-order valence-corrected chi connectivity index (χ1v) is 9.18. The van der Waals surface area contributed by atoms with Crippen molar-refractivity contribution >= 4 is 17.3 Å². The van der Waals surface area contributed by atoms with Gasteiger partial charge in [0, 0.05) is 31.9 Å². The minimum Gasteiger partial charge on any atom is -0.454 e. The zero-order valence-electron chi connectivity index (χ0n) is 14.6. The highest BCUT2D eigenvalue weighted by Crippen LogP contribution is 2.32. The van der Waals surface area contributed by atoms with Crippen molar-refractivity contribution in [1.82, 2.24) is 15.6 Å². The van der Waals surface area contributed by atoms with E-state index in [4.69, 9.17) is 9.47 Å². The Kier molecular flexibility index (Phi) is 6.04. The molecular weight excluding hydrogens is 381 g/mol. The molecule has 1 aliphatic heterocycles. The standard InChI is InChI=1S/C17H19F3N4O2S/c1-21-16(23-7-5-15-24-14(9-27-15)17(18,19)20)22-6-4-11-2-3-12-13(8-11)26-10-25-12/h2-3,8-9H,4-7,10H2,1H3,(H2,21,22,23). The van der Waals surface area contributed by atoms with Crippen LogP contribution in [-0.2, 0) is 19.0 Å². The normalized spacial score (nSPS) is 13.7. The zero-order valence-corrected chi connectivity index (χ0v) is 15.4. The molecule has 0 amide bonds. The highest BCUT2D eigenvalue weighted by Gasteiger charge is 2.33. The summed E-state index contributed by atoms with van der Waals surface area (Å²) in [6.45, 7) is 1.33. The molecule has 6 nitrogen and oxygen atoms in total. The lowest BCUT2D eigenvalue weighted by Crippen LogP contribution is -2.39. The minimum atomic E-state index is -4.39. The van der Waals surface area contributed by atoms with Gasteiger partial charge in [0.15, 0.2) is 23.2 Å². The van der Waals surface area contributed by atoms with Gasteiger partial charge >= 0.3 is 6.18 Å². The van der Waals surface area contributed by atoms with Crippen molar-refractivity contribution < 1.29 is 22.6 Å². The highest BCUT2D eigenvalue weighted by atomic mass is 32.1. The molecule has 2 N–H and O–H groups in total. The maximum atomic E-state index is 12.5. The number of alkyl halides is 3. The van der Waals surface area contributed by atoms with Crippen LogP contribution in [0.3, 0.4) is 0 Å². The molecule has 0 spiro atoms. The third-order valence-corrected chi connectivity index (χ3v) is 4.75. The summed E-state index contributed by atoms with van der Waals surface area (Å²) in [5.74, 6) is 2.08.